The Morgan fingerprint density at radius 2 is 1.15 bits per heavy atom. The number of likely N-dealkylation sites (N-methyl/N-ethyl adjacent to an activating group) is 1. The summed E-state index contributed by atoms with van der Waals surface area (Å²) in [6, 6.07) is 9.12. The average molecular weight is 1430 g/mol. The second kappa shape index (κ2) is 30.3. The number of fused-ring (bicyclic) bond motifs is 15. The summed E-state index contributed by atoms with van der Waals surface area (Å²) < 4.78 is 51.4. The number of hydrogen-bond donors (Lipinski definition) is 10. The van der Waals surface area contributed by atoms with Crippen LogP contribution in [0, 0.1) is 5.92 Å². The molecule has 11 N–H and O–H groups in total. The minimum Gasteiger partial charge on any atom is -0.497 e. The number of ether oxygens (including phenoxy) is 6. The van der Waals surface area contributed by atoms with Gasteiger partial charge in [-0.2, -0.15) is 0 Å². The fraction of sp³-hybridized carbons (Fsp3) is 0.456. The highest BCUT2D eigenvalue weighted by molar-refractivity contribution is 6.74. The van der Waals surface area contributed by atoms with E-state index in [1.54, 1.807) is 19.2 Å². The average Bonchev–Trinajstić information content (AvgIpc) is 0.762. The van der Waals surface area contributed by atoms with Crippen LogP contribution < -0.4 is 71.4 Å². The number of rotatable bonds is 16. The summed E-state index contributed by atoms with van der Waals surface area (Å²) in [5, 5.41) is 41.6. The fourth-order valence-corrected chi connectivity index (χ4v) is 14.2. The third-order valence-corrected chi connectivity index (χ3v) is 28.1. The van der Waals surface area contributed by atoms with Crippen molar-refractivity contribution in [2.24, 2.45) is 11.7 Å². The Kier molecular flexibility index (Phi) is 23.4. The molecular formula is C68H89BCl2N8O17Si2. The molecule has 0 saturated heterocycles. The first-order chi connectivity index (χ1) is 45.8. The molecule has 30 heteroatoms. The molecule has 9 atom stereocenters. The summed E-state index contributed by atoms with van der Waals surface area (Å²) in [7, 11) is -1.40. The minimum atomic E-state index is -3.10. The van der Waals surface area contributed by atoms with Gasteiger partial charge in [0.2, 0.25) is 47.1 Å². The number of hydrogen-bond acceptors (Lipinski definition) is 18. The number of methoxy groups -OCH3 is 4. The Balaban J connectivity index is 1.46. The lowest BCUT2D eigenvalue weighted by Gasteiger charge is -2.42. The maximum absolute atomic E-state index is 16.2. The molecular weight excluding hydrogens is 1340 g/mol. The topological polar surface area (TPSA) is 344 Å². The van der Waals surface area contributed by atoms with Gasteiger partial charge in [0.25, 0.3) is 0 Å². The standard InChI is InChI=1S/C68H89BCl2N8O17Si2/c1-33(2)24-43(73-9)61(81)77-55-57(95-97(14,15)67(3,4)5)35-19-22-46(41(70)26-35)93-49-28-37-29-50(59(49)92-13)94-47-23-20-36(27-42(47)71)58(96-98(16,17)68(6,7)8)56-66(86)79-60(69(87)88)40-30-38(89-10)31-48(91-12)52(40)39-25-34(18-21-45(39)90-11)53(63(83)78-56)76-64(84)54(37)75-62(82)44(32-51(72)80)74-65(55)85/h18-23,25-31,33,43-44,53-58,60,73,87-88H,24,32H2,1-17H3,(H2,72,80)(H,74,85)(H,75,82)(H,76,84)(H,77,81)(H,78,83)(H,79,86)/t43-,44?,53+,54+,55+,56-,57?,58?,60?/m0/s1. The van der Waals surface area contributed by atoms with Gasteiger partial charge < -0.3 is 90.3 Å². The van der Waals surface area contributed by atoms with Crippen molar-refractivity contribution in [1.82, 2.24) is 37.2 Å². The van der Waals surface area contributed by atoms with Crippen molar-refractivity contribution in [3.63, 3.8) is 0 Å². The molecule has 10 rings (SSSR count). The van der Waals surface area contributed by atoms with Crippen LogP contribution in [0.1, 0.15) is 126 Å². The molecule has 0 saturated carbocycles. The van der Waals surface area contributed by atoms with Gasteiger partial charge in [0, 0.05) is 17.2 Å². The fourth-order valence-electron chi connectivity index (χ4n) is 11.2. The van der Waals surface area contributed by atoms with Gasteiger partial charge in [-0.3, -0.25) is 33.6 Å². The summed E-state index contributed by atoms with van der Waals surface area (Å²) >= 11 is 14.6. The molecule has 0 aromatic heterocycles. The van der Waals surface area contributed by atoms with Gasteiger partial charge in [-0.15, -0.1) is 0 Å². The van der Waals surface area contributed by atoms with E-state index in [2.05, 4.69) is 37.2 Å². The van der Waals surface area contributed by atoms with Gasteiger partial charge in [-0.1, -0.05) is 96.8 Å². The highest BCUT2D eigenvalue weighted by atomic mass is 35.5. The Bertz CT molecular complexity index is 3890. The third kappa shape index (κ3) is 16.5. The minimum absolute atomic E-state index is 0.00794. The molecule has 5 aliphatic heterocycles. The van der Waals surface area contributed by atoms with Gasteiger partial charge in [0.05, 0.1) is 69.1 Å². The summed E-state index contributed by atoms with van der Waals surface area (Å²) in [6.45, 7) is 23.4. The third-order valence-electron chi connectivity index (χ3n) is 18.6. The number of nitrogens with two attached hydrogens (primary N) is 1. The summed E-state index contributed by atoms with van der Waals surface area (Å²) in [5.74, 6) is -8.88. The van der Waals surface area contributed by atoms with E-state index in [0.717, 1.165) is 0 Å². The van der Waals surface area contributed by atoms with Crippen molar-refractivity contribution < 1.29 is 80.9 Å². The van der Waals surface area contributed by atoms with Crippen LogP contribution in [0.3, 0.4) is 0 Å². The molecule has 0 fully saturated rings. The van der Waals surface area contributed by atoms with Crippen LogP contribution in [-0.2, 0) is 42.4 Å². The zero-order chi connectivity index (χ0) is 72.4. The number of halogens is 2. The zero-order valence-corrected chi connectivity index (χ0v) is 61.6. The van der Waals surface area contributed by atoms with Crippen molar-refractivity contribution >= 4 is 88.3 Å². The normalized spacial score (nSPS) is 21.1. The van der Waals surface area contributed by atoms with E-state index in [4.69, 9.17) is 66.2 Å². The number of carbonyl (C=O) groups excluding carboxylic acids is 7. The van der Waals surface area contributed by atoms with Crippen LogP contribution in [0.4, 0.5) is 0 Å². The molecule has 4 unspecified atom stereocenters. The lowest BCUT2D eigenvalue weighted by Crippen LogP contribution is -2.60. The Hall–Kier alpha value is -7.93. The van der Waals surface area contributed by atoms with Crippen molar-refractivity contribution in [2.75, 3.05) is 35.5 Å². The van der Waals surface area contributed by atoms with Crippen LogP contribution in [0.2, 0.25) is 46.3 Å². The molecule has 0 aliphatic carbocycles. The number of primary amides is 1. The first kappa shape index (κ1) is 75.8. The van der Waals surface area contributed by atoms with E-state index in [1.165, 1.54) is 95.2 Å². The lowest BCUT2D eigenvalue weighted by molar-refractivity contribution is -0.137. The molecule has 25 nitrogen and oxygen atoms in total. The SMILES string of the molecule is CN[C@@H](CC(C)C)C(=O)N[C@H]1C(=O)NC(CC(N)=O)C(=O)N[C@H]2C(=O)N[C@H]3C(=O)N[C@H](C(=O)NC(B(O)O)c4cc(OC)cc(OC)c4-c4cc3ccc4OC)C(O[Si](C)(C)C(C)(C)C)c3ccc(c(Cl)c3)Oc3cc2cc(c3OC)Oc2ccc(cc2Cl)C1O[Si](C)(C)C(C)(C)C. The van der Waals surface area contributed by atoms with Gasteiger partial charge in [-0.05, 0) is 138 Å². The molecule has 5 aromatic carbocycles. The lowest BCUT2D eigenvalue weighted by atomic mass is 9.72. The molecule has 11 bridgehead atoms. The predicted molar refractivity (Wildman–Crippen MR) is 374 cm³/mol. The molecule has 528 valence electrons. The van der Waals surface area contributed by atoms with Crippen LogP contribution >= 0.6 is 23.2 Å². The molecule has 5 aliphatic rings. The Morgan fingerprint density at radius 3 is 1.65 bits per heavy atom. The maximum Gasteiger partial charge on any atom is 0.480 e. The highest BCUT2D eigenvalue weighted by Gasteiger charge is 2.48. The molecule has 5 aromatic rings. The molecule has 0 spiro atoms. The van der Waals surface area contributed by atoms with Crippen LogP contribution in [-0.4, -0.2) is 135 Å². The van der Waals surface area contributed by atoms with Crippen LogP contribution in [0.5, 0.6) is 46.0 Å². The summed E-state index contributed by atoms with van der Waals surface area (Å²) in [6.07, 6.45) is -3.34. The zero-order valence-electron chi connectivity index (χ0n) is 58.1. The van der Waals surface area contributed by atoms with E-state index < -0.39 is 136 Å². The Morgan fingerprint density at radius 1 is 0.622 bits per heavy atom. The molecule has 98 heavy (non-hydrogen) atoms. The van der Waals surface area contributed by atoms with Crippen molar-refractivity contribution in [3.05, 3.63) is 117 Å². The van der Waals surface area contributed by atoms with E-state index in [-0.39, 0.29) is 95.3 Å². The second-order valence-corrected chi connectivity index (χ2v) is 38.3. The first-order valence-corrected chi connectivity index (χ1v) is 38.5. The number of benzene rings is 5. The maximum atomic E-state index is 16.2. The number of nitrogens with one attached hydrogen (secondary N) is 7. The second-order valence-electron chi connectivity index (χ2n) is 27.9. The number of amides is 7. The van der Waals surface area contributed by atoms with Crippen LogP contribution in [0.25, 0.3) is 11.1 Å². The quantitative estimate of drug-likeness (QED) is 0.0413. The monoisotopic (exact) mass is 1430 g/mol. The first-order valence-electron chi connectivity index (χ1n) is 32.0. The predicted octanol–water partition coefficient (Wildman–Crippen LogP) is 8.59. The number of carbonyl (C=O) groups is 7. The van der Waals surface area contributed by atoms with E-state index in [0.29, 0.717) is 12.0 Å². The van der Waals surface area contributed by atoms with Gasteiger partial charge >= 0.3 is 7.12 Å². The summed E-state index contributed by atoms with van der Waals surface area (Å²) in [5.41, 5.74) is 6.65. The van der Waals surface area contributed by atoms with Gasteiger partial charge in [0.15, 0.2) is 28.1 Å². The van der Waals surface area contributed by atoms with Gasteiger partial charge in [0.1, 0.15) is 59.0 Å². The summed E-state index contributed by atoms with van der Waals surface area (Å²) in [4.78, 5) is 107. The molecule has 5 heterocycles. The largest absolute Gasteiger partial charge is 0.497 e. The van der Waals surface area contributed by atoms with Crippen molar-refractivity contribution in [1.29, 1.82) is 0 Å². The van der Waals surface area contributed by atoms with Crippen molar-refractivity contribution in [3.8, 4) is 57.1 Å². The van der Waals surface area contributed by atoms with E-state index in [1.807, 2.05) is 81.6 Å². The smallest absolute Gasteiger partial charge is 0.480 e. The highest BCUT2D eigenvalue weighted by Crippen LogP contribution is 2.50. The van der Waals surface area contributed by atoms with E-state index in [9.17, 15) is 19.6 Å². The van der Waals surface area contributed by atoms with Gasteiger partial charge in [-0.25, -0.2) is 0 Å². The Labute approximate surface area is 583 Å². The molecule has 7 amide bonds. The van der Waals surface area contributed by atoms with Crippen LogP contribution in [0.15, 0.2) is 78.9 Å². The van der Waals surface area contributed by atoms with Crippen molar-refractivity contribution in [2.45, 2.75) is 159 Å². The molecule has 0 radical (unpaired) electrons. The van der Waals surface area contributed by atoms with E-state index >= 15 is 24.0 Å².